The van der Waals surface area contributed by atoms with E-state index in [0.29, 0.717) is 0 Å². The van der Waals surface area contributed by atoms with Gasteiger partial charge in [-0.3, -0.25) is 0 Å². The number of nitrogens with one attached hydrogen (secondary N) is 1. The van der Waals surface area contributed by atoms with Gasteiger partial charge in [0.05, 0.1) is 6.04 Å². The van der Waals surface area contributed by atoms with Crippen LogP contribution < -0.4 is 5.32 Å². The molecule has 0 aliphatic rings. The first-order valence-electron chi connectivity index (χ1n) is 5.04. The summed E-state index contributed by atoms with van der Waals surface area (Å²) in [7, 11) is 0. The third-order valence-electron chi connectivity index (χ3n) is 2.26. The van der Waals surface area contributed by atoms with E-state index in [2.05, 4.69) is 61.6 Å². The van der Waals surface area contributed by atoms with Crippen molar-refractivity contribution in [2.45, 2.75) is 13.0 Å². The molecule has 6 heteroatoms. The summed E-state index contributed by atoms with van der Waals surface area (Å²) in [6.07, 6.45) is 0. The molecule has 0 bridgehead atoms. The minimum Gasteiger partial charge on any atom is -0.305 e. The Kier molecular flexibility index (Phi) is 5.09. The molecule has 92 valence electrons. The summed E-state index contributed by atoms with van der Waals surface area (Å²) in [5.74, 6) is 0. The van der Waals surface area contributed by atoms with Crippen molar-refractivity contribution in [1.82, 2.24) is 5.32 Å². The fraction of sp³-hybridized carbons (Fsp3) is 0.273. The molecule has 17 heavy (non-hydrogen) atoms. The van der Waals surface area contributed by atoms with E-state index in [1.165, 1.54) is 9.75 Å². The van der Waals surface area contributed by atoms with Crippen molar-refractivity contribution in [2.24, 2.45) is 0 Å². The lowest BCUT2D eigenvalue weighted by Crippen LogP contribution is -2.20. The average Bonchev–Trinajstić information content (AvgIpc) is 2.83. The molecule has 0 aliphatic carbocycles. The number of hydrogen-bond donors (Lipinski definition) is 1. The standard InChI is InChI=1S/C11H10Br2ClNS2/c1-2-15-9(10-6(12)3-4-16-10)8-5-7(13)11(14)17-8/h3-5,9,15H,2H2,1H3. The van der Waals surface area contributed by atoms with Gasteiger partial charge in [0.15, 0.2) is 0 Å². The molecule has 2 aromatic rings. The van der Waals surface area contributed by atoms with Crippen molar-refractivity contribution in [1.29, 1.82) is 0 Å². The number of thiophene rings is 2. The Morgan fingerprint density at radius 1 is 1.41 bits per heavy atom. The average molecular weight is 416 g/mol. The quantitative estimate of drug-likeness (QED) is 0.677. The molecular formula is C11H10Br2ClNS2. The van der Waals surface area contributed by atoms with Crippen molar-refractivity contribution in [3.63, 3.8) is 0 Å². The molecule has 1 nitrogen and oxygen atoms in total. The van der Waals surface area contributed by atoms with Crippen LogP contribution in [0.3, 0.4) is 0 Å². The highest BCUT2D eigenvalue weighted by molar-refractivity contribution is 9.11. The highest BCUT2D eigenvalue weighted by Gasteiger charge is 2.20. The molecule has 1 unspecified atom stereocenters. The van der Waals surface area contributed by atoms with Gasteiger partial charge in [0.25, 0.3) is 0 Å². The summed E-state index contributed by atoms with van der Waals surface area (Å²) in [6.45, 7) is 3.03. The maximum Gasteiger partial charge on any atom is 0.107 e. The first-order chi connectivity index (χ1) is 8.13. The minimum atomic E-state index is 0.211. The summed E-state index contributed by atoms with van der Waals surface area (Å²) >= 11 is 16.5. The largest absolute Gasteiger partial charge is 0.305 e. The van der Waals surface area contributed by atoms with E-state index in [-0.39, 0.29) is 6.04 Å². The van der Waals surface area contributed by atoms with E-state index >= 15 is 0 Å². The van der Waals surface area contributed by atoms with E-state index in [0.717, 1.165) is 19.8 Å². The second-order valence-electron chi connectivity index (χ2n) is 3.39. The SMILES string of the molecule is CCNC(c1cc(Br)c(Cl)s1)c1sccc1Br. The topological polar surface area (TPSA) is 12.0 Å². The second kappa shape index (κ2) is 6.17. The Labute approximate surface area is 130 Å². The van der Waals surface area contributed by atoms with Crippen LogP contribution in [0.25, 0.3) is 0 Å². The van der Waals surface area contributed by atoms with Gasteiger partial charge in [0.1, 0.15) is 4.34 Å². The Bertz CT molecular complexity index is 490. The first-order valence-corrected chi connectivity index (χ1v) is 8.70. The van der Waals surface area contributed by atoms with Crippen LogP contribution in [0.5, 0.6) is 0 Å². The fourth-order valence-corrected chi connectivity index (χ4v) is 5.13. The second-order valence-corrected chi connectivity index (χ2v) is 7.74. The summed E-state index contributed by atoms with van der Waals surface area (Å²) in [6, 6.07) is 4.38. The molecule has 0 aliphatic heterocycles. The molecule has 0 amide bonds. The van der Waals surface area contributed by atoms with Crippen LogP contribution in [-0.2, 0) is 0 Å². The normalized spacial score (nSPS) is 12.9. The Morgan fingerprint density at radius 3 is 2.65 bits per heavy atom. The van der Waals surface area contributed by atoms with Gasteiger partial charge in [-0.05, 0) is 55.9 Å². The van der Waals surface area contributed by atoms with Crippen LogP contribution in [0, 0.1) is 0 Å². The Hall–Kier alpha value is 0.610. The highest BCUT2D eigenvalue weighted by Crippen LogP contribution is 2.40. The maximum absolute atomic E-state index is 6.11. The Balaban J connectivity index is 2.39. The highest BCUT2D eigenvalue weighted by atomic mass is 79.9. The van der Waals surface area contributed by atoms with Gasteiger partial charge in [-0.2, -0.15) is 0 Å². The van der Waals surface area contributed by atoms with Gasteiger partial charge in [-0.25, -0.2) is 0 Å². The number of rotatable bonds is 4. The lowest BCUT2D eigenvalue weighted by molar-refractivity contribution is 0.647. The van der Waals surface area contributed by atoms with Gasteiger partial charge < -0.3 is 5.32 Å². The van der Waals surface area contributed by atoms with E-state index < -0.39 is 0 Å². The van der Waals surface area contributed by atoms with Crippen LogP contribution in [0.2, 0.25) is 4.34 Å². The van der Waals surface area contributed by atoms with E-state index in [9.17, 15) is 0 Å². The molecule has 2 rings (SSSR count). The summed E-state index contributed by atoms with van der Waals surface area (Å²) in [5.41, 5.74) is 0. The van der Waals surface area contributed by atoms with Gasteiger partial charge >= 0.3 is 0 Å². The monoisotopic (exact) mass is 413 g/mol. The van der Waals surface area contributed by atoms with Crippen molar-refractivity contribution < 1.29 is 0 Å². The van der Waals surface area contributed by atoms with Gasteiger partial charge in [0, 0.05) is 18.7 Å². The molecule has 1 N–H and O–H groups in total. The Morgan fingerprint density at radius 2 is 2.18 bits per heavy atom. The van der Waals surface area contributed by atoms with Crippen LogP contribution in [0.1, 0.15) is 22.7 Å². The molecule has 0 spiro atoms. The van der Waals surface area contributed by atoms with Crippen LogP contribution in [0.4, 0.5) is 0 Å². The predicted octanol–water partition coefficient (Wildman–Crippen LogP) is 5.69. The van der Waals surface area contributed by atoms with Gasteiger partial charge in [0.2, 0.25) is 0 Å². The fourth-order valence-electron chi connectivity index (χ4n) is 1.54. The van der Waals surface area contributed by atoms with E-state index in [4.69, 9.17) is 11.6 Å². The zero-order valence-corrected chi connectivity index (χ0v) is 14.5. The number of halogens is 3. The summed E-state index contributed by atoms with van der Waals surface area (Å²) in [4.78, 5) is 2.52. The zero-order chi connectivity index (χ0) is 12.4. The van der Waals surface area contributed by atoms with Gasteiger partial charge in [-0.15, -0.1) is 22.7 Å². The first kappa shape index (κ1) is 14.0. The minimum absolute atomic E-state index is 0.211. The van der Waals surface area contributed by atoms with Crippen molar-refractivity contribution >= 4 is 66.1 Å². The van der Waals surface area contributed by atoms with E-state index in [1.54, 1.807) is 22.7 Å². The lowest BCUT2D eigenvalue weighted by Gasteiger charge is -2.15. The molecule has 0 fully saturated rings. The summed E-state index contributed by atoms with van der Waals surface area (Å²) < 4.78 is 2.92. The molecule has 0 saturated heterocycles. The molecular weight excluding hydrogens is 406 g/mol. The number of hydrogen-bond acceptors (Lipinski definition) is 3. The predicted molar refractivity (Wildman–Crippen MR) is 84.6 cm³/mol. The molecule has 0 radical (unpaired) electrons. The van der Waals surface area contributed by atoms with Crippen LogP contribution >= 0.6 is 66.1 Å². The lowest BCUT2D eigenvalue weighted by atomic mass is 10.2. The van der Waals surface area contributed by atoms with E-state index in [1.807, 2.05) is 0 Å². The van der Waals surface area contributed by atoms with Crippen molar-refractivity contribution in [2.75, 3.05) is 6.54 Å². The van der Waals surface area contributed by atoms with Crippen LogP contribution in [-0.4, -0.2) is 6.54 Å². The smallest absolute Gasteiger partial charge is 0.107 e. The summed E-state index contributed by atoms with van der Waals surface area (Å²) in [5, 5.41) is 5.59. The molecule has 0 saturated carbocycles. The molecule has 1 atom stereocenters. The van der Waals surface area contributed by atoms with Crippen molar-refractivity contribution in [3.8, 4) is 0 Å². The van der Waals surface area contributed by atoms with Gasteiger partial charge in [-0.1, -0.05) is 18.5 Å². The van der Waals surface area contributed by atoms with Crippen molar-refractivity contribution in [3.05, 3.63) is 40.5 Å². The maximum atomic E-state index is 6.11. The molecule has 2 aromatic heterocycles. The zero-order valence-electron chi connectivity index (χ0n) is 8.97. The molecule has 0 aromatic carbocycles. The van der Waals surface area contributed by atoms with Crippen LogP contribution in [0.15, 0.2) is 26.5 Å². The molecule has 2 heterocycles. The third kappa shape index (κ3) is 3.14. The third-order valence-corrected chi connectivity index (χ3v) is 6.74.